The number of carbonyl (C=O) groups is 2. The number of fused-ring (bicyclic) bond motifs is 3. The molecule has 4 atom stereocenters. The average molecular weight is 687 g/mol. The minimum atomic E-state index is -3.77. The lowest BCUT2D eigenvalue weighted by molar-refractivity contribution is -0.155. The number of carbonyl (C=O) groups excluding carboxylic acids is 2. The monoisotopic (exact) mass is 686 g/mol. The third kappa shape index (κ3) is 6.90. The summed E-state index contributed by atoms with van der Waals surface area (Å²) < 4.78 is 39.3. The van der Waals surface area contributed by atoms with Crippen molar-refractivity contribution in [1.29, 1.82) is 0 Å². The van der Waals surface area contributed by atoms with Crippen LogP contribution in [0.3, 0.4) is 0 Å². The van der Waals surface area contributed by atoms with Gasteiger partial charge in [-0.2, -0.15) is 8.78 Å². The molecule has 2 heterocycles. The molecule has 2 saturated heterocycles. The standard InChI is InChI=1S/C40H41ClF2N2O4/c1-24-20-32-17-18-33(21-24)45(32)39(48)37(40(42,43)30-13-8-25(9-14-30)26-10-15-31(41)16-11-26)44-38(47)36(46)29-7-6-28-23-35(19-12-27(28)22-29)49-34-4-2-3-5-34/h6-16,19,22-24,32-34,36-37,46H,2-5,17-18,20-21H2,1H3,(H,44,47)/t24?,32?,33?,36-,37+/m0/s1. The highest BCUT2D eigenvalue weighted by atomic mass is 35.5. The summed E-state index contributed by atoms with van der Waals surface area (Å²) in [6, 6.07) is 20.9. The Kier molecular flexibility index (Phi) is 9.37. The predicted molar refractivity (Wildman–Crippen MR) is 187 cm³/mol. The lowest BCUT2D eigenvalue weighted by Crippen LogP contribution is -2.60. The van der Waals surface area contributed by atoms with Gasteiger partial charge in [-0.15, -0.1) is 0 Å². The van der Waals surface area contributed by atoms with Crippen LogP contribution in [0.1, 0.15) is 75.5 Å². The molecule has 9 heteroatoms. The molecule has 2 bridgehead atoms. The van der Waals surface area contributed by atoms with Gasteiger partial charge in [0.05, 0.1) is 6.10 Å². The van der Waals surface area contributed by atoms with Crippen LogP contribution in [0.5, 0.6) is 5.75 Å². The van der Waals surface area contributed by atoms with Crippen molar-refractivity contribution in [2.24, 2.45) is 5.92 Å². The molecule has 7 rings (SSSR count). The molecule has 3 fully saturated rings. The quantitative estimate of drug-likeness (QED) is 0.185. The molecule has 3 aliphatic rings. The number of rotatable bonds is 9. The summed E-state index contributed by atoms with van der Waals surface area (Å²) in [7, 11) is 0. The van der Waals surface area contributed by atoms with Crippen LogP contribution in [-0.2, 0) is 15.5 Å². The molecule has 2 N–H and O–H groups in total. The number of benzene rings is 4. The van der Waals surface area contributed by atoms with Crippen molar-refractivity contribution in [1.82, 2.24) is 10.2 Å². The van der Waals surface area contributed by atoms with Gasteiger partial charge in [-0.25, -0.2) is 0 Å². The number of alkyl halides is 2. The lowest BCUT2D eigenvalue weighted by atomic mass is 9.90. The first-order valence-corrected chi connectivity index (χ1v) is 17.7. The van der Waals surface area contributed by atoms with Crippen LogP contribution in [0.4, 0.5) is 8.78 Å². The molecule has 1 aliphatic carbocycles. The van der Waals surface area contributed by atoms with Crippen molar-refractivity contribution in [2.45, 2.75) is 94.5 Å². The SMILES string of the molecule is CC1CC2CCC(C1)N2C(=O)[C@@H](NC(=O)[C@@H](O)c1ccc2cc(OC3CCCC3)ccc2c1)C(F)(F)c1ccc(-c2ccc(Cl)cc2)cc1. The van der Waals surface area contributed by atoms with E-state index in [4.69, 9.17) is 16.3 Å². The highest BCUT2D eigenvalue weighted by Gasteiger charge is 2.53. The van der Waals surface area contributed by atoms with E-state index in [0.29, 0.717) is 16.5 Å². The highest BCUT2D eigenvalue weighted by molar-refractivity contribution is 6.30. The van der Waals surface area contributed by atoms with Gasteiger partial charge in [0.25, 0.3) is 11.8 Å². The predicted octanol–water partition coefficient (Wildman–Crippen LogP) is 8.58. The van der Waals surface area contributed by atoms with Gasteiger partial charge in [-0.3, -0.25) is 9.59 Å². The summed E-state index contributed by atoms with van der Waals surface area (Å²) in [5.41, 5.74) is 1.34. The Morgan fingerprint density at radius 1 is 0.857 bits per heavy atom. The minimum absolute atomic E-state index is 0.156. The van der Waals surface area contributed by atoms with Crippen LogP contribution >= 0.6 is 11.6 Å². The van der Waals surface area contributed by atoms with Crippen LogP contribution < -0.4 is 10.1 Å². The van der Waals surface area contributed by atoms with Crippen molar-refractivity contribution >= 4 is 34.2 Å². The van der Waals surface area contributed by atoms with Crippen molar-refractivity contribution in [2.75, 3.05) is 0 Å². The van der Waals surface area contributed by atoms with E-state index in [9.17, 15) is 14.7 Å². The Morgan fingerprint density at radius 3 is 2.10 bits per heavy atom. The van der Waals surface area contributed by atoms with Crippen molar-refractivity contribution in [3.63, 3.8) is 0 Å². The number of aliphatic hydroxyl groups excluding tert-OH is 1. The third-order valence-corrected chi connectivity index (χ3v) is 10.8. The van der Waals surface area contributed by atoms with Gasteiger partial charge in [0, 0.05) is 22.7 Å². The van der Waals surface area contributed by atoms with Crippen molar-refractivity contribution in [3.05, 3.63) is 101 Å². The second kappa shape index (κ2) is 13.7. The molecule has 256 valence electrons. The first-order valence-electron chi connectivity index (χ1n) is 17.3. The molecule has 2 unspecified atom stereocenters. The molecule has 0 radical (unpaired) electrons. The third-order valence-electron chi connectivity index (χ3n) is 10.6. The zero-order chi connectivity index (χ0) is 34.3. The molecule has 4 aromatic carbocycles. The van der Waals surface area contributed by atoms with E-state index in [2.05, 4.69) is 12.2 Å². The average Bonchev–Trinajstić information content (AvgIpc) is 3.71. The van der Waals surface area contributed by atoms with E-state index >= 15 is 8.78 Å². The van der Waals surface area contributed by atoms with Gasteiger partial charge in [-0.1, -0.05) is 73.1 Å². The topological polar surface area (TPSA) is 78.9 Å². The van der Waals surface area contributed by atoms with Crippen LogP contribution in [-0.4, -0.2) is 46.1 Å². The Hall–Kier alpha value is -4.01. The van der Waals surface area contributed by atoms with E-state index in [1.54, 1.807) is 59.5 Å². The smallest absolute Gasteiger partial charge is 0.302 e. The summed E-state index contributed by atoms with van der Waals surface area (Å²) in [6.45, 7) is 2.12. The van der Waals surface area contributed by atoms with Gasteiger partial charge in [0.2, 0.25) is 0 Å². The van der Waals surface area contributed by atoms with Crippen molar-refractivity contribution < 1.29 is 28.2 Å². The zero-order valence-corrected chi connectivity index (χ0v) is 28.2. The maximum atomic E-state index is 16.6. The maximum Gasteiger partial charge on any atom is 0.302 e. The van der Waals surface area contributed by atoms with Crippen LogP contribution in [0, 0.1) is 5.92 Å². The zero-order valence-electron chi connectivity index (χ0n) is 27.5. The fraction of sp³-hybridized carbons (Fsp3) is 0.400. The highest BCUT2D eigenvalue weighted by Crippen LogP contribution is 2.42. The number of nitrogens with one attached hydrogen (secondary N) is 1. The number of amides is 2. The maximum absolute atomic E-state index is 16.6. The fourth-order valence-corrected chi connectivity index (χ4v) is 8.14. The number of halogens is 3. The van der Waals surface area contributed by atoms with E-state index in [-0.39, 0.29) is 23.8 Å². The van der Waals surface area contributed by atoms with Gasteiger partial charge < -0.3 is 20.1 Å². The van der Waals surface area contributed by atoms with Crippen LogP contribution in [0.2, 0.25) is 5.02 Å². The van der Waals surface area contributed by atoms with Gasteiger partial charge in [-0.05, 0) is 115 Å². The first-order chi connectivity index (χ1) is 23.6. The molecular formula is C40H41ClF2N2O4. The molecule has 49 heavy (non-hydrogen) atoms. The second-order valence-electron chi connectivity index (χ2n) is 14.1. The number of hydrogen-bond acceptors (Lipinski definition) is 4. The van der Waals surface area contributed by atoms with E-state index < -0.39 is 35.4 Å². The Balaban J connectivity index is 1.14. The van der Waals surface area contributed by atoms with Gasteiger partial charge in [0.1, 0.15) is 5.75 Å². The second-order valence-corrected chi connectivity index (χ2v) is 14.5. The number of aliphatic hydroxyl groups is 1. The molecule has 1 saturated carbocycles. The fourth-order valence-electron chi connectivity index (χ4n) is 8.02. The molecule has 2 amide bonds. The van der Waals surface area contributed by atoms with E-state index in [0.717, 1.165) is 73.5 Å². The van der Waals surface area contributed by atoms with Gasteiger partial charge >= 0.3 is 5.92 Å². The summed E-state index contributed by atoms with van der Waals surface area (Å²) in [4.78, 5) is 29.3. The summed E-state index contributed by atoms with van der Waals surface area (Å²) >= 11 is 6.01. The van der Waals surface area contributed by atoms with E-state index in [1.165, 1.54) is 12.1 Å². The van der Waals surface area contributed by atoms with Crippen molar-refractivity contribution in [3.8, 4) is 16.9 Å². The number of ether oxygens (including phenoxy) is 1. The van der Waals surface area contributed by atoms with Gasteiger partial charge in [0.15, 0.2) is 12.1 Å². The van der Waals surface area contributed by atoms with Crippen LogP contribution in [0.15, 0.2) is 84.9 Å². The molecule has 6 nitrogen and oxygen atoms in total. The number of piperidine rings is 1. The number of nitrogens with zero attached hydrogens (tertiary/aromatic N) is 1. The molecular weight excluding hydrogens is 646 g/mol. The Labute approximate surface area is 290 Å². The van der Waals surface area contributed by atoms with E-state index in [1.807, 2.05) is 18.2 Å². The molecule has 0 spiro atoms. The largest absolute Gasteiger partial charge is 0.490 e. The summed E-state index contributed by atoms with van der Waals surface area (Å²) in [5, 5.41) is 15.7. The lowest BCUT2D eigenvalue weighted by Gasteiger charge is -2.41. The summed E-state index contributed by atoms with van der Waals surface area (Å²) in [6.07, 6.45) is 5.79. The number of hydrogen-bond donors (Lipinski definition) is 2. The normalized spacial score (nSPS) is 22.2. The minimum Gasteiger partial charge on any atom is -0.490 e. The molecule has 0 aromatic heterocycles. The van der Waals surface area contributed by atoms with Crippen LogP contribution in [0.25, 0.3) is 21.9 Å². The Morgan fingerprint density at radius 2 is 1.45 bits per heavy atom. The first kappa shape index (κ1) is 33.5. The molecule has 4 aromatic rings. The summed E-state index contributed by atoms with van der Waals surface area (Å²) in [5.74, 6) is -4.51. The molecule has 2 aliphatic heterocycles. The Bertz CT molecular complexity index is 1810.